The van der Waals surface area contributed by atoms with E-state index in [2.05, 4.69) is 14.8 Å². The minimum Gasteiger partial charge on any atom is -0.275 e. The van der Waals surface area contributed by atoms with Crippen molar-refractivity contribution in [2.45, 2.75) is 12.3 Å². The Morgan fingerprint density at radius 2 is 1.96 bits per heavy atom. The summed E-state index contributed by atoms with van der Waals surface area (Å²) in [6.07, 6.45) is 5.05. The van der Waals surface area contributed by atoms with Crippen LogP contribution in [-0.4, -0.2) is 23.2 Å². The van der Waals surface area contributed by atoms with Crippen LogP contribution < -0.4 is 4.72 Å². The lowest BCUT2D eigenvalue weighted by Crippen LogP contribution is -2.25. The molecular weight excluding hydrogens is 362 g/mol. The summed E-state index contributed by atoms with van der Waals surface area (Å²) in [4.78, 5) is 4.27. The highest BCUT2D eigenvalue weighted by molar-refractivity contribution is 7.88. The summed E-state index contributed by atoms with van der Waals surface area (Å²) >= 11 is 0. The van der Waals surface area contributed by atoms with Crippen LogP contribution in [0.2, 0.25) is 0 Å². The Kier molecular flexibility index (Phi) is 5.10. The number of aromatic nitrogens is 3. The summed E-state index contributed by atoms with van der Waals surface area (Å²) in [6, 6.07) is 6.21. The van der Waals surface area contributed by atoms with Gasteiger partial charge in [0, 0.05) is 37.1 Å². The molecule has 3 aromatic rings. The van der Waals surface area contributed by atoms with Crippen LogP contribution in [0.25, 0.3) is 11.3 Å². The molecular formula is C17H16F2N4O2S. The summed E-state index contributed by atoms with van der Waals surface area (Å²) < 4.78 is 55.0. The Hall–Kier alpha value is -2.65. The van der Waals surface area contributed by atoms with Crippen molar-refractivity contribution in [1.29, 1.82) is 0 Å². The maximum absolute atomic E-state index is 13.6. The van der Waals surface area contributed by atoms with Gasteiger partial charge in [-0.1, -0.05) is 6.07 Å². The number of benzene rings is 1. The molecule has 136 valence electrons. The van der Waals surface area contributed by atoms with Crippen molar-refractivity contribution < 1.29 is 17.2 Å². The van der Waals surface area contributed by atoms with Gasteiger partial charge in [0.05, 0.1) is 17.6 Å². The third-order valence-corrected chi connectivity index (χ3v) is 4.95. The highest BCUT2D eigenvalue weighted by Crippen LogP contribution is 2.16. The second-order valence-corrected chi connectivity index (χ2v) is 7.58. The normalized spacial score (nSPS) is 11.7. The average molecular weight is 378 g/mol. The van der Waals surface area contributed by atoms with Crippen LogP contribution in [0, 0.1) is 11.6 Å². The Labute approximate surface area is 149 Å². The molecule has 0 spiro atoms. The first-order chi connectivity index (χ1) is 12.3. The second-order valence-electron chi connectivity index (χ2n) is 5.77. The zero-order valence-electron chi connectivity index (χ0n) is 13.9. The molecule has 0 saturated carbocycles. The fourth-order valence-electron chi connectivity index (χ4n) is 2.36. The number of rotatable bonds is 6. The van der Waals surface area contributed by atoms with Crippen molar-refractivity contribution in [2.75, 3.05) is 0 Å². The topological polar surface area (TPSA) is 76.9 Å². The van der Waals surface area contributed by atoms with Gasteiger partial charge in [0.2, 0.25) is 10.0 Å². The van der Waals surface area contributed by atoms with Crippen LogP contribution in [0.15, 0.2) is 48.9 Å². The number of hydrogen-bond donors (Lipinski definition) is 1. The van der Waals surface area contributed by atoms with Crippen LogP contribution in [0.5, 0.6) is 0 Å². The lowest BCUT2D eigenvalue weighted by Gasteiger charge is -2.08. The third-order valence-electron chi connectivity index (χ3n) is 3.67. The van der Waals surface area contributed by atoms with Gasteiger partial charge in [0.1, 0.15) is 11.6 Å². The monoisotopic (exact) mass is 378 g/mol. The molecule has 2 heterocycles. The summed E-state index contributed by atoms with van der Waals surface area (Å²) in [6.45, 7) is -0.000409. The largest absolute Gasteiger partial charge is 0.275 e. The van der Waals surface area contributed by atoms with Gasteiger partial charge in [0.15, 0.2) is 0 Å². The van der Waals surface area contributed by atoms with Gasteiger partial charge < -0.3 is 0 Å². The van der Waals surface area contributed by atoms with Crippen molar-refractivity contribution in [3.63, 3.8) is 0 Å². The predicted molar refractivity (Wildman–Crippen MR) is 92.3 cm³/mol. The molecule has 0 bridgehead atoms. The summed E-state index contributed by atoms with van der Waals surface area (Å²) in [5, 5.41) is 4.06. The Morgan fingerprint density at radius 3 is 2.62 bits per heavy atom. The zero-order chi connectivity index (χ0) is 18.7. The third kappa shape index (κ3) is 4.50. The number of nitrogens with zero attached hydrogens (tertiary/aromatic N) is 3. The number of halogens is 2. The molecule has 6 nitrogen and oxygen atoms in total. The van der Waals surface area contributed by atoms with Crippen LogP contribution >= 0.6 is 0 Å². The molecule has 0 saturated heterocycles. The van der Waals surface area contributed by atoms with E-state index in [1.54, 1.807) is 36.3 Å². The van der Waals surface area contributed by atoms with Crippen LogP contribution in [0.1, 0.15) is 11.1 Å². The average Bonchev–Trinajstić information content (AvgIpc) is 3.03. The van der Waals surface area contributed by atoms with E-state index >= 15 is 0 Å². The fourth-order valence-corrected chi connectivity index (χ4v) is 3.48. The van der Waals surface area contributed by atoms with Gasteiger partial charge in [-0.2, -0.15) is 5.10 Å². The minimum atomic E-state index is -3.83. The second kappa shape index (κ2) is 7.30. The van der Waals surface area contributed by atoms with Crippen LogP contribution in [0.4, 0.5) is 8.78 Å². The highest BCUT2D eigenvalue weighted by atomic mass is 32.2. The first kappa shape index (κ1) is 18.2. The van der Waals surface area contributed by atoms with Gasteiger partial charge in [-0.15, -0.1) is 0 Å². The molecule has 0 fully saturated rings. The Balaban J connectivity index is 1.65. The van der Waals surface area contributed by atoms with Crippen molar-refractivity contribution in [1.82, 2.24) is 19.5 Å². The maximum Gasteiger partial charge on any atom is 0.216 e. The molecule has 0 amide bonds. The Bertz CT molecular complexity index is 1020. The lowest BCUT2D eigenvalue weighted by molar-refractivity contribution is 0.569. The molecule has 0 aliphatic rings. The van der Waals surface area contributed by atoms with Crippen molar-refractivity contribution >= 4 is 10.0 Å². The molecule has 26 heavy (non-hydrogen) atoms. The van der Waals surface area contributed by atoms with Crippen molar-refractivity contribution in [3.05, 3.63) is 71.7 Å². The molecule has 1 aromatic carbocycles. The van der Waals surface area contributed by atoms with Gasteiger partial charge in [0.25, 0.3) is 0 Å². The van der Waals surface area contributed by atoms with E-state index in [0.29, 0.717) is 11.3 Å². The van der Waals surface area contributed by atoms with Crippen LogP contribution in [-0.2, 0) is 29.4 Å². The summed E-state index contributed by atoms with van der Waals surface area (Å²) in [5.41, 5.74) is 1.98. The molecule has 0 radical (unpaired) electrons. The van der Waals surface area contributed by atoms with E-state index < -0.39 is 27.4 Å². The smallest absolute Gasteiger partial charge is 0.216 e. The van der Waals surface area contributed by atoms with E-state index in [9.17, 15) is 17.2 Å². The SMILES string of the molecule is Cn1cc(-c2ccc(CNS(=O)(=O)Cc3cc(F)ccc3F)cn2)cn1. The molecule has 2 aromatic heterocycles. The number of aryl methyl sites for hydroxylation is 1. The molecule has 3 rings (SSSR count). The summed E-state index contributed by atoms with van der Waals surface area (Å²) in [5.74, 6) is -2.09. The molecule has 0 aliphatic heterocycles. The highest BCUT2D eigenvalue weighted by Gasteiger charge is 2.15. The first-order valence-electron chi connectivity index (χ1n) is 7.67. The molecule has 0 aliphatic carbocycles. The zero-order valence-corrected chi connectivity index (χ0v) is 14.7. The molecule has 0 unspecified atom stereocenters. The number of pyridine rings is 1. The van der Waals surface area contributed by atoms with Crippen molar-refractivity contribution in [2.24, 2.45) is 7.05 Å². The summed E-state index contributed by atoms with van der Waals surface area (Å²) in [7, 11) is -2.03. The van der Waals surface area contributed by atoms with E-state index in [-0.39, 0.29) is 12.1 Å². The van der Waals surface area contributed by atoms with Gasteiger partial charge in [-0.05, 0) is 29.8 Å². The first-order valence-corrected chi connectivity index (χ1v) is 9.33. The van der Waals surface area contributed by atoms with Gasteiger partial charge in [-0.25, -0.2) is 21.9 Å². The molecule has 0 atom stereocenters. The quantitative estimate of drug-likeness (QED) is 0.715. The van der Waals surface area contributed by atoms with E-state index in [1.165, 1.54) is 0 Å². The van der Waals surface area contributed by atoms with Crippen molar-refractivity contribution in [3.8, 4) is 11.3 Å². The predicted octanol–water partition coefficient (Wildman–Crippen LogP) is 2.38. The number of hydrogen-bond acceptors (Lipinski definition) is 4. The van der Waals surface area contributed by atoms with E-state index in [0.717, 1.165) is 23.8 Å². The van der Waals surface area contributed by atoms with E-state index in [1.807, 2.05) is 6.20 Å². The van der Waals surface area contributed by atoms with Crippen LogP contribution in [0.3, 0.4) is 0 Å². The number of sulfonamides is 1. The Morgan fingerprint density at radius 1 is 1.15 bits per heavy atom. The lowest BCUT2D eigenvalue weighted by atomic mass is 10.2. The van der Waals surface area contributed by atoms with E-state index in [4.69, 9.17) is 0 Å². The maximum atomic E-state index is 13.6. The standard InChI is InChI=1S/C17H16F2N4O2S/c1-23-10-14(9-21-23)17-5-2-12(7-20-17)8-22-26(24,25)11-13-6-15(18)3-4-16(13)19/h2-7,9-10,22H,8,11H2,1H3. The molecule has 1 N–H and O–H groups in total. The fraction of sp³-hybridized carbons (Fsp3) is 0.176. The minimum absolute atomic E-state index is 0.000409. The molecule has 9 heteroatoms. The van der Waals surface area contributed by atoms with Gasteiger partial charge >= 0.3 is 0 Å². The van der Waals surface area contributed by atoms with Gasteiger partial charge in [-0.3, -0.25) is 9.67 Å². The number of nitrogens with one attached hydrogen (secondary N) is 1.